The van der Waals surface area contributed by atoms with Gasteiger partial charge in [0.05, 0.1) is 12.6 Å². The summed E-state index contributed by atoms with van der Waals surface area (Å²) in [4.78, 5) is 0. The quantitative estimate of drug-likeness (QED) is 0.789. The fraction of sp³-hybridized carbons (Fsp3) is 0.538. The minimum Gasteiger partial charge on any atom is -0.486 e. The summed E-state index contributed by atoms with van der Waals surface area (Å²) in [5, 5.41) is 12.0. The second kappa shape index (κ2) is 6.48. The maximum atomic E-state index is 12.7. The second-order valence-corrected chi connectivity index (χ2v) is 4.61. The average molecular weight is 309 g/mol. The smallest absolute Gasteiger partial charge is 0.319 e. The maximum Gasteiger partial charge on any atom is 0.319 e. The molecule has 0 saturated heterocycles. The molecule has 0 aromatic heterocycles. The molecule has 1 aromatic rings. The summed E-state index contributed by atoms with van der Waals surface area (Å²) in [5.41, 5.74) is 0.423. The molecule has 1 aliphatic heterocycles. The molecule has 1 aliphatic rings. The molecule has 1 heterocycles. The maximum absolute atomic E-state index is 12.7. The third-order valence-corrected chi connectivity index (χ3v) is 2.97. The van der Waals surface area contributed by atoms with E-state index >= 15 is 0 Å². The van der Waals surface area contributed by atoms with Crippen molar-refractivity contribution in [1.29, 1.82) is 0 Å². The highest BCUT2D eigenvalue weighted by molar-refractivity contribution is 5.44. The number of ether oxygens (including phenoxy) is 2. The number of halogens is 4. The van der Waals surface area contributed by atoms with Gasteiger partial charge in [-0.25, -0.2) is 8.78 Å². The molecule has 2 rings (SSSR count). The Labute approximate surface area is 118 Å². The van der Waals surface area contributed by atoms with E-state index < -0.39 is 25.0 Å². The number of alkyl halides is 4. The van der Waals surface area contributed by atoms with Gasteiger partial charge in [0.15, 0.2) is 11.5 Å². The summed E-state index contributed by atoms with van der Waals surface area (Å²) in [5.74, 6) is -3.13. The summed E-state index contributed by atoms with van der Waals surface area (Å²) in [6, 6.07) is 4.69. The van der Waals surface area contributed by atoms with Crippen molar-refractivity contribution >= 4 is 0 Å². The summed E-state index contributed by atoms with van der Waals surface area (Å²) in [6.07, 6.45) is -4.86. The molecule has 0 spiro atoms. The van der Waals surface area contributed by atoms with Crippen LogP contribution in [0.15, 0.2) is 18.2 Å². The Bertz CT molecular complexity index is 484. The van der Waals surface area contributed by atoms with Gasteiger partial charge in [0.1, 0.15) is 13.2 Å². The Morgan fingerprint density at radius 1 is 1.19 bits per heavy atom. The Balaban J connectivity index is 1.90. The molecule has 2 N–H and O–H groups in total. The molecule has 1 atom stereocenters. The third-order valence-electron chi connectivity index (χ3n) is 2.97. The minimum atomic E-state index is -4.12. The van der Waals surface area contributed by atoms with Gasteiger partial charge in [0, 0.05) is 6.54 Å². The highest BCUT2D eigenvalue weighted by Crippen LogP contribution is 2.32. The highest BCUT2D eigenvalue weighted by Gasteiger charge is 2.40. The Hall–Kier alpha value is -1.54. The number of benzene rings is 1. The van der Waals surface area contributed by atoms with Gasteiger partial charge < -0.3 is 19.9 Å². The molecule has 0 bridgehead atoms. The molecule has 0 saturated carbocycles. The van der Waals surface area contributed by atoms with Crippen LogP contribution in [0.2, 0.25) is 0 Å². The van der Waals surface area contributed by atoms with Gasteiger partial charge in [-0.15, -0.1) is 0 Å². The lowest BCUT2D eigenvalue weighted by atomic mass is 10.1. The lowest BCUT2D eigenvalue weighted by molar-refractivity contribution is -0.125. The van der Waals surface area contributed by atoms with Crippen molar-refractivity contribution in [3.8, 4) is 11.5 Å². The number of fused-ring (bicyclic) bond motifs is 1. The first kappa shape index (κ1) is 15.8. The zero-order valence-corrected chi connectivity index (χ0v) is 11.0. The molecule has 1 unspecified atom stereocenters. The molecule has 118 valence electrons. The Morgan fingerprint density at radius 2 is 1.86 bits per heavy atom. The second-order valence-electron chi connectivity index (χ2n) is 4.61. The first-order chi connectivity index (χ1) is 9.90. The van der Waals surface area contributed by atoms with Crippen molar-refractivity contribution in [2.45, 2.75) is 18.5 Å². The fourth-order valence-electron chi connectivity index (χ4n) is 1.84. The van der Waals surface area contributed by atoms with Crippen LogP contribution in [0.25, 0.3) is 0 Å². The average Bonchev–Trinajstić information content (AvgIpc) is 2.46. The number of nitrogens with one attached hydrogen (secondary N) is 1. The van der Waals surface area contributed by atoms with E-state index in [4.69, 9.17) is 9.47 Å². The predicted molar refractivity (Wildman–Crippen MR) is 66.2 cm³/mol. The summed E-state index contributed by atoms with van der Waals surface area (Å²) >= 11 is 0. The van der Waals surface area contributed by atoms with Crippen LogP contribution in [-0.2, 0) is 0 Å². The molecule has 8 heteroatoms. The van der Waals surface area contributed by atoms with Gasteiger partial charge in [0.2, 0.25) is 0 Å². The number of aliphatic hydroxyl groups is 1. The molecule has 1 aromatic carbocycles. The topological polar surface area (TPSA) is 50.7 Å². The van der Waals surface area contributed by atoms with Crippen LogP contribution < -0.4 is 14.8 Å². The van der Waals surface area contributed by atoms with E-state index in [-0.39, 0.29) is 6.54 Å². The zero-order valence-electron chi connectivity index (χ0n) is 11.0. The lowest BCUT2D eigenvalue weighted by Crippen LogP contribution is -2.40. The molecular formula is C13H15F4NO3. The first-order valence-electron chi connectivity index (χ1n) is 6.34. The predicted octanol–water partition coefficient (Wildman–Crippen LogP) is 1.98. The Morgan fingerprint density at radius 3 is 2.52 bits per heavy atom. The molecule has 0 aliphatic carbocycles. The van der Waals surface area contributed by atoms with E-state index in [9.17, 15) is 22.7 Å². The first-order valence-corrected chi connectivity index (χ1v) is 6.34. The molecule has 0 radical (unpaired) electrons. The SMILES string of the molecule is OC(CNCC(F)(F)C(F)F)c1ccc2c(c1)OCCO2. The van der Waals surface area contributed by atoms with Crippen molar-refractivity contribution in [3.05, 3.63) is 23.8 Å². The van der Waals surface area contributed by atoms with Crippen LogP contribution in [0, 0.1) is 0 Å². The van der Waals surface area contributed by atoms with E-state index in [2.05, 4.69) is 5.32 Å². The van der Waals surface area contributed by atoms with Crippen LogP contribution in [0.5, 0.6) is 11.5 Å². The van der Waals surface area contributed by atoms with Crippen LogP contribution in [0.4, 0.5) is 17.6 Å². The summed E-state index contributed by atoms with van der Waals surface area (Å²) in [7, 11) is 0. The number of hydrogen-bond acceptors (Lipinski definition) is 4. The third kappa shape index (κ3) is 3.98. The monoisotopic (exact) mass is 309 g/mol. The van der Waals surface area contributed by atoms with Crippen LogP contribution in [0.3, 0.4) is 0 Å². The largest absolute Gasteiger partial charge is 0.486 e. The van der Waals surface area contributed by atoms with Crippen LogP contribution in [-0.4, -0.2) is 43.8 Å². The molecule has 4 nitrogen and oxygen atoms in total. The van der Waals surface area contributed by atoms with Gasteiger partial charge in [-0.05, 0) is 17.7 Å². The van der Waals surface area contributed by atoms with Crippen molar-refractivity contribution in [1.82, 2.24) is 5.32 Å². The highest BCUT2D eigenvalue weighted by atomic mass is 19.3. The van der Waals surface area contributed by atoms with Gasteiger partial charge in [-0.3, -0.25) is 0 Å². The number of hydrogen-bond donors (Lipinski definition) is 2. The van der Waals surface area contributed by atoms with Gasteiger partial charge in [0.25, 0.3) is 0 Å². The molecule has 0 amide bonds. The van der Waals surface area contributed by atoms with Gasteiger partial charge >= 0.3 is 12.3 Å². The zero-order chi connectivity index (χ0) is 15.5. The summed E-state index contributed by atoms with van der Waals surface area (Å²) < 4.78 is 60.0. The van der Waals surface area contributed by atoms with E-state index in [1.54, 1.807) is 12.1 Å². The van der Waals surface area contributed by atoms with E-state index in [0.717, 1.165) is 0 Å². The van der Waals surface area contributed by atoms with Crippen molar-refractivity contribution in [3.63, 3.8) is 0 Å². The van der Waals surface area contributed by atoms with Crippen LogP contribution >= 0.6 is 0 Å². The fourth-order valence-corrected chi connectivity index (χ4v) is 1.84. The summed E-state index contributed by atoms with van der Waals surface area (Å²) in [6.45, 7) is -0.668. The standard InChI is InChI=1S/C13H15F4NO3/c14-12(15)13(16,17)7-18-6-9(19)8-1-2-10-11(5-8)21-4-3-20-10/h1-2,5,9,12,18-19H,3-4,6-7H2. The Kier molecular flexibility index (Phi) is 4.89. The molecule has 0 fully saturated rings. The van der Waals surface area contributed by atoms with E-state index in [1.165, 1.54) is 6.07 Å². The van der Waals surface area contributed by atoms with Crippen molar-refractivity contribution < 1.29 is 32.1 Å². The van der Waals surface area contributed by atoms with Crippen molar-refractivity contribution in [2.75, 3.05) is 26.3 Å². The van der Waals surface area contributed by atoms with Gasteiger partial charge in [-0.2, -0.15) is 8.78 Å². The van der Waals surface area contributed by atoms with E-state index in [1.807, 2.05) is 0 Å². The van der Waals surface area contributed by atoms with Gasteiger partial charge in [-0.1, -0.05) is 6.07 Å². The number of aliphatic hydroxyl groups excluding tert-OH is 1. The molecule has 21 heavy (non-hydrogen) atoms. The van der Waals surface area contributed by atoms with E-state index in [0.29, 0.717) is 30.3 Å². The normalized spacial score (nSPS) is 16.1. The number of rotatable bonds is 6. The van der Waals surface area contributed by atoms with Crippen molar-refractivity contribution in [2.24, 2.45) is 0 Å². The molecular weight excluding hydrogens is 294 g/mol. The lowest BCUT2D eigenvalue weighted by Gasteiger charge is -2.21. The minimum absolute atomic E-state index is 0.276. The van der Waals surface area contributed by atoms with Crippen LogP contribution in [0.1, 0.15) is 11.7 Å².